The molecule has 2 nitrogen and oxygen atoms in total. The Balaban J connectivity index is 0. The fourth-order valence-corrected chi connectivity index (χ4v) is 0.616. The van der Waals surface area contributed by atoms with Gasteiger partial charge < -0.3 is 5.32 Å². The summed E-state index contributed by atoms with van der Waals surface area (Å²) in [5.41, 5.74) is -0.467. The second-order valence-electron chi connectivity index (χ2n) is 3.54. The van der Waals surface area contributed by atoms with Crippen molar-refractivity contribution in [1.82, 2.24) is 5.32 Å². The van der Waals surface area contributed by atoms with Crippen molar-refractivity contribution in [2.45, 2.75) is 47.6 Å². The molecule has 0 saturated carbocycles. The minimum atomic E-state index is -0.467. The summed E-state index contributed by atoms with van der Waals surface area (Å²) in [6.45, 7) is 10.4. The van der Waals surface area contributed by atoms with Crippen molar-refractivity contribution in [2.24, 2.45) is 5.41 Å². The SMILES string of the molecule is CC.CC(=O)NC(C)C(C)(C)CF. The van der Waals surface area contributed by atoms with E-state index in [9.17, 15) is 9.18 Å². The number of amides is 1. The van der Waals surface area contributed by atoms with Gasteiger partial charge in [-0.2, -0.15) is 0 Å². The first kappa shape index (κ1) is 14.9. The lowest BCUT2D eigenvalue weighted by Crippen LogP contribution is -2.43. The summed E-state index contributed by atoms with van der Waals surface area (Å²) in [5, 5.41) is 2.66. The lowest BCUT2D eigenvalue weighted by Gasteiger charge is -2.28. The largest absolute Gasteiger partial charge is 0.353 e. The Kier molecular flexibility index (Phi) is 7.87. The summed E-state index contributed by atoms with van der Waals surface area (Å²) < 4.78 is 12.3. The maximum atomic E-state index is 12.3. The molecular weight excluding hydrogens is 169 g/mol. The van der Waals surface area contributed by atoms with Gasteiger partial charge in [-0.15, -0.1) is 0 Å². The molecule has 0 aliphatic rings. The zero-order chi connectivity index (χ0) is 11.1. The fraction of sp³-hybridized carbons (Fsp3) is 0.900. The average molecular weight is 191 g/mol. The first-order chi connectivity index (χ1) is 5.90. The Morgan fingerprint density at radius 2 is 1.85 bits per heavy atom. The Labute approximate surface area is 80.9 Å². The summed E-state index contributed by atoms with van der Waals surface area (Å²) >= 11 is 0. The number of halogens is 1. The topological polar surface area (TPSA) is 29.1 Å². The van der Waals surface area contributed by atoms with Crippen LogP contribution in [0.5, 0.6) is 0 Å². The minimum absolute atomic E-state index is 0.112. The minimum Gasteiger partial charge on any atom is -0.353 e. The van der Waals surface area contributed by atoms with E-state index in [1.165, 1.54) is 6.92 Å². The van der Waals surface area contributed by atoms with E-state index in [0.717, 1.165) is 0 Å². The smallest absolute Gasteiger partial charge is 0.217 e. The van der Waals surface area contributed by atoms with Gasteiger partial charge in [0.05, 0.1) is 6.67 Å². The summed E-state index contributed by atoms with van der Waals surface area (Å²) in [4.78, 5) is 10.6. The first-order valence-corrected chi connectivity index (χ1v) is 4.73. The van der Waals surface area contributed by atoms with E-state index in [-0.39, 0.29) is 11.9 Å². The molecule has 0 aliphatic carbocycles. The molecule has 1 atom stereocenters. The maximum Gasteiger partial charge on any atom is 0.217 e. The van der Waals surface area contributed by atoms with Crippen LogP contribution in [0.25, 0.3) is 0 Å². The quantitative estimate of drug-likeness (QED) is 0.729. The molecule has 0 aromatic carbocycles. The van der Waals surface area contributed by atoms with Crippen molar-refractivity contribution >= 4 is 5.91 Å². The number of carbonyl (C=O) groups excluding carboxylic acids is 1. The highest BCUT2D eigenvalue weighted by Gasteiger charge is 2.26. The molecule has 0 rings (SSSR count). The van der Waals surface area contributed by atoms with E-state index in [4.69, 9.17) is 0 Å². The van der Waals surface area contributed by atoms with Gasteiger partial charge in [-0.3, -0.25) is 9.18 Å². The monoisotopic (exact) mass is 191 g/mol. The van der Waals surface area contributed by atoms with Crippen molar-refractivity contribution in [2.75, 3.05) is 6.67 Å². The number of hydrogen-bond donors (Lipinski definition) is 1. The second kappa shape index (κ2) is 6.87. The molecule has 0 radical (unpaired) electrons. The molecule has 0 fully saturated rings. The van der Waals surface area contributed by atoms with E-state index < -0.39 is 12.1 Å². The van der Waals surface area contributed by atoms with Crippen LogP contribution in [0.1, 0.15) is 41.5 Å². The van der Waals surface area contributed by atoms with Crippen LogP contribution in [-0.2, 0) is 4.79 Å². The van der Waals surface area contributed by atoms with Gasteiger partial charge in [0.2, 0.25) is 5.91 Å². The van der Waals surface area contributed by atoms with Crippen LogP contribution in [0.4, 0.5) is 4.39 Å². The molecule has 0 aliphatic heterocycles. The first-order valence-electron chi connectivity index (χ1n) is 4.73. The molecule has 1 amide bonds. The van der Waals surface area contributed by atoms with E-state index >= 15 is 0 Å². The predicted octanol–water partition coefficient (Wildman–Crippen LogP) is 2.53. The molecular formula is C10H22FNO. The van der Waals surface area contributed by atoms with Crippen LogP contribution in [0.3, 0.4) is 0 Å². The third-order valence-corrected chi connectivity index (χ3v) is 1.94. The van der Waals surface area contributed by atoms with Gasteiger partial charge >= 0.3 is 0 Å². The Morgan fingerprint density at radius 1 is 1.46 bits per heavy atom. The van der Waals surface area contributed by atoms with Crippen LogP contribution in [0.15, 0.2) is 0 Å². The number of nitrogens with one attached hydrogen (secondary N) is 1. The van der Waals surface area contributed by atoms with E-state index in [2.05, 4.69) is 5.32 Å². The number of alkyl halides is 1. The summed E-state index contributed by atoms with van der Waals surface area (Å²) in [7, 11) is 0. The predicted molar refractivity (Wildman–Crippen MR) is 54.4 cm³/mol. The molecule has 0 heterocycles. The third kappa shape index (κ3) is 6.55. The van der Waals surface area contributed by atoms with Gasteiger partial charge in [-0.1, -0.05) is 27.7 Å². The zero-order valence-corrected chi connectivity index (χ0v) is 9.57. The van der Waals surface area contributed by atoms with Crippen LogP contribution >= 0.6 is 0 Å². The molecule has 0 bridgehead atoms. The lowest BCUT2D eigenvalue weighted by atomic mass is 9.87. The summed E-state index contributed by atoms with van der Waals surface area (Å²) in [6.07, 6.45) is 0. The summed E-state index contributed by atoms with van der Waals surface area (Å²) in [5.74, 6) is -0.112. The third-order valence-electron chi connectivity index (χ3n) is 1.94. The molecule has 80 valence electrons. The Bertz CT molecular complexity index is 146. The van der Waals surface area contributed by atoms with E-state index in [1.54, 1.807) is 20.8 Å². The maximum absolute atomic E-state index is 12.3. The molecule has 3 heteroatoms. The van der Waals surface area contributed by atoms with Crippen LogP contribution in [-0.4, -0.2) is 18.6 Å². The lowest BCUT2D eigenvalue weighted by molar-refractivity contribution is -0.120. The van der Waals surface area contributed by atoms with Crippen molar-refractivity contribution < 1.29 is 9.18 Å². The normalized spacial score (nSPS) is 12.5. The zero-order valence-electron chi connectivity index (χ0n) is 9.57. The van der Waals surface area contributed by atoms with E-state index in [0.29, 0.717) is 0 Å². The molecule has 13 heavy (non-hydrogen) atoms. The van der Waals surface area contributed by atoms with Gasteiger partial charge in [0.15, 0.2) is 0 Å². The molecule has 0 spiro atoms. The molecule has 0 aromatic heterocycles. The standard InChI is InChI=1S/C8H16FNO.C2H6/c1-6(10-7(2)11)8(3,4)5-9;1-2/h6H,5H2,1-4H3,(H,10,11);1-2H3. The van der Waals surface area contributed by atoms with E-state index in [1.807, 2.05) is 13.8 Å². The van der Waals surface area contributed by atoms with Gasteiger partial charge in [0, 0.05) is 18.4 Å². The van der Waals surface area contributed by atoms with Crippen LogP contribution < -0.4 is 5.32 Å². The number of carbonyl (C=O) groups is 1. The van der Waals surface area contributed by atoms with Crippen LogP contribution in [0.2, 0.25) is 0 Å². The van der Waals surface area contributed by atoms with Crippen molar-refractivity contribution in [1.29, 1.82) is 0 Å². The molecule has 1 unspecified atom stereocenters. The van der Waals surface area contributed by atoms with Crippen molar-refractivity contribution in [3.63, 3.8) is 0 Å². The molecule has 1 N–H and O–H groups in total. The van der Waals surface area contributed by atoms with Crippen molar-refractivity contribution in [3.8, 4) is 0 Å². The van der Waals surface area contributed by atoms with Gasteiger partial charge in [0.25, 0.3) is 0 Å². The molecule has 0 aromatic rings. The van der Waals surface area contributed by atoms with Gasteiger partial charge in [-0.05, 0) is 6.92 Å². The fourth-order valence-electron chi connectivity index (χ4n) is 0.616. The highest BCUT2D eigenvalue weighted by molar-refractivity contribution is 5.73. The van der Waals surface area contributed by atoms with Gasteiger partial charge in [0.1, 0.15) is 0 Å². The number of hydrogen-bond acceptors (Lipinski definition) is 1. The number of rotatable bonds is 3. The molecule has 0 saturated heterocycles. The summed E-state index contributed by atoms with van der Waals surface area (Å²) in [6, 6.07) is -0.120. The van der Waals surface area contributed by atoms with Gasteiger partial charge in [-0.25, -0.2) is 0 Å². The average Bonchev–Trinajstić information content (AvgIpc) is 2.07. The highest BCUT2D eigenvalue weighted by atomic mass is 19.1. The second-order valence-corrected chi connectivity index (χ2v) is 3.54. The van der Waals surface area contributed by atoms with Crippen LogP contribution in [0, 0.1) is 5.41 Å². The highest BCUT2D eigenvalue weighted by Crippen LogP contribution is 2.20. The van der Waals surface area contributed by atoms with Crippen molar-refractivity contribution in [3.05, 3.63) is 0 Å². The Morgan fingerprint density at radius 3 is 2.08 bits per heavy atom. The Hall–Kier alpha value is -0.600.